The third kappa shape index (κ3) is 1.77. The van der Waals surface area contributed by atoms with Crippen molar-refractivity contribution in [3.05, 3.63) is 29.8 Å². The Kier molecular flexibility index (Phi) is 2.86. The lowest BCUT2D eigenvalue weighted by Gasteiger charge is -2.14. The number of hydrogen-bond acceptors (Lipinski definition) is 3. The highest BCUT2D eigenvalue weighted by molar-refractivity contribution is 5.86. The van der Waals surface area contributed by atoms with E-state index in [1.165, 1.54) is 7.11 Å². The summed E-state index contributed by atoms with van der Waals surface area (Å²) in [5.74, 6) is 0.677. The highest BCUT2D eigenvalue weighted by Gasteiger charge is 2.52. The molecule has 0 heterocycles. The zero-order valence-corrected chi connectivity index (χ0v) is 9.66. The van der Waals surface area contributed by atoms with Gasteiger partial charge in [0, 0.05) is 0 Å². The molecule has 1 aromatic carbocycles. The van der Waals surface area contributed by atoms with Crippen molar-refractivity contribution in [3.8, 4) is 5.75 Å². The SMILES string of the molecule is CCOc1cccc(C2(C(=O)OC)CC2)c1. The van der Waals surface area contributed by atoms with E-state index in [0.717, 1.165) is 24.2 Å². The van der Waals surface area contributed by atoms with Crippen LogP contribution < -0.4 is 4.74 Å². The van der Waals surface area contributed by atoms with Crippen LogP contribution in [0.2, 0.25) is 0 Å². The van der Waals surface area contributed by atoms with E-state index in [2.05, 4.69) is 0 Å². The first kappa shape index (κ1) is 11.0. The molecule has 3 heteroatoms. The van der Waals surface area contributed by atoms with Gasteiger partial charge in [-0.25, -0.2) is 0 Å². The Hall–Kier alpha value is -1.51. The van der Waals surface area contributed by atoms with Crippen LogP contribution in [-0.4, -0.2) is 19.7 Å². The quantitative estimate of drug-likeness (QED) is 0.730. The van der Waals surface area contributed by atoms with Gasteiger partial charge in [-0.1, -0.05) is 12.1 Å². The van der Waals surface area contributed by atoms with Gasteiger partial charge >= 0.3 is 5.97 Å². The van der Waals surface area contributed by atoms with Gasteiger partial charge in [-0.3, -0.25) is 4.79 Å². The first-order valence-corrected chi connectivity index (χ1v) is 5.54. The van der Waals surface area contributed by atoms with E-state index >= 15 is 0 Å². The standard InChI is InChI=1S/C13H16O3/c1-3-16-11-6-4-5-10(9-11)13(7-8-13)12(14)15-2/h4-6,9H,3,7-8H2,1-2H3. The normalized spacial score (nSPS) is 16.6. The molecule has 1 aliphatic rings. The van der Waals surface area contributed by atoms with Crippen LogP contribution in [0, 0.1) is 0 Å². The Bertz CT molecular complexity index is 394. The molecule has 0 aromatic heterocycles. The Morgan fingerprint density at radius 1 is 1.44 bits per heavy atom. The Morgan fingerprint density at radius 2 is 2.19 bits per heavy atom. The number of carbonyl (C=O) groups excluding carboxylic acids is 1. The Labute approximate surface area is 95.4 Å². The van der Waals surface area contributed by atoms with Gasteiger partial charge in [-0.15, -0.1) is 0 Å². The molecule has 0 amide bonds. The molecule has 0 N–H and O–H groups in total. The van der Waals surface area contributed by atoms with E-state index in [0.29, 0.717) is 6.61 Å². The summed E-state index contributed by atoms with van der Waals surface area (Å²) in [7, 11) is 1.44. The van der Waals surface area contributed by atoms with Gasteiger partial charge in [0.2, 0.25) is 0 Å². The maximum absolute atomic E-state index is 11.7. The molecule has 1 fully saturated rings. The fourth-order valence-corrected chi connectivity index (χ4v) is 1.98. The molecule has 1 saturated carbocycles. The Morgan fingerprint density at radius 3 is 2.75 bits per heavy atom. The molecule has 1 aliphatic carbocycles. The summed E-state index contributed by atoms with van der Waals surface area (Å²) in [6.45, 7) is 2.58. The first-order chi connectivity index (χ1) is 7.73. The summed E-state index contributed by atoms with van der Waals surface area (Å²) in [6, 6.07) is 7.73. The molecule has 0 atom stereocenters. The molecular weight excluding hydrogens is 204 g/mol. The summed E-state index contributed by atoms with van der Waals surface area (Å²) in [6.07, 6.45) is 1.74. The minimum absolute atomic E-state index is 0.138. The van der Waals surface area contributed by atoms with Gasteiger partial charge in [-0.2, -0.15) is 0 Å². The molecule has 2 rings (SSSR count). The minimum Gasteiger partial charge on any atom is -0.494 e. The average molecular weight is 220 g/mol. The van der Waals surface area contributed by atoms with Crippen molar-refractivity contribution in [2.45, 2.75) is 25.2 Å². The lowest BCUT2D eigenvalue weighted by molar-refractivity contribution is -0.143. The van der Waals surface area contributed by atoms with E-state index < -0.39 is 5.41 Å². The van der Waals surface area contributed by atoms with Gasteiger partial charge in [0.15, 0.2) is 0 Å². The summed E-state index contributed by atoms with van der Waals surface area (Å²) in [5.41, 5.74) is 0.604. The van der Waals surface area contributed by atoms with Gasteiger partial charge in [-0.05, 0) is 37.5 Å². The fraction of sp³-hybridized carbons (Fsp3) is 0.462. The fourth-order valence-electron chi connectivity index (χ4n) is 1.98. The van der Waals surface area contributed by atoms with Crippen molar-refractivity contribution in [1.29, 1.82) is 0 Å². The predicted molar refractivity (Wildman–Crippen MR) is 60.5 cm³/mol. The van der Waals surface area contributed by atoms with Crippen LogP contribution in [0.4, 0.5) is 0 Å². The predicted octanol–water partition coefficient (Wildman–Crippen LogP) is 2.29. The summed E-state index contributed by atoms with van der Waals surface area (Å²) >= 11 is 0. The Balaban J connectivity index is 2.27. The zero-order valence-electron chi connectivity index (χ0n) is 9.66. The van der Waals surface area contributed by atoms with E-state index in [4.69, 9.17) is 9.47 Å². The maximum atomic E-state index is 11.7. The molecule has 0 spiro atoms. The third-order valence-corrected chi connectivity index (χ3v) is 3.02. The smallest absolute Gasteiger partial charge is 0.316 e. The van der Waals surface area contributed by atoms with Crippen molar-refractivity contribution >= 4 is 5.97 Å². The lowest BCUT2D eigenvalue weighted by atomic mass is 9.96. The summed E-state index contributed by atoms with van der Waals surface area (Å²) in [5, 5.41) is 0. The third-order valence-electron chi connectivity index (χ3n) is 3.02. The number of esters is 1. The maximum Gasteiger partial charge on any atom is 0.316 e. The van der Waals surface area contributed by atoms with E-state index in [-0.39, 0.29) is 5.97 Å². The van der Waals surface area contributed by atoms with Crippen molar-refractivity contribution < 1.29 is 14.3 Å². The van der Waals surface area contributed by atoms with Crippen molar-refractivity contribution in [1.82, 2.24) is 0 Å². The number of ether oxygens (including phenoxy) is 2. The number of rotatable bonds is 4. The first-order valence-electron chi connectivity index (χ1n) is 5.54. The molecular formula is C13H16O3. The molecule has 0 bridgehead atoms. The minimum atomic E-state index is -0.401. The second kappa shape index (κ2) is 4.16. The molecule has 3 nitrogen and oxygen atoms in total. The van der Waals surface area contributed by atoms with Crippen LogP contribution in [-0.2, 0) is 14.9 Å². The summed E-state index contributed by atoms with van der Waals surface area (Å²) in [4.78, 5) is 11.7. The molecule has 86 valence electrons. The van der Waals surface area contributed by atoms with Crippen LogP contribution in [0.5, 0.6) is 5.75 Å². The van der Waals surface area contributed by atoms with Crippen molar-refractivity contribution in [3.63, 3.8) is 0 Å². The molecule has 16 heavy (non-hydrogen) atoms. The number of carbonyl (C=O) groups is 1. The molecule has 0 saturated heterocycles. The number of benzene rings is 1. The van der Waals surface area contributed by atoms with Crippen LogP contribution >= 0.6 is 0 Å². The highest BCUT2D eigenvalue weighted by Crippen LogP contribution is 2.49. The van der Waals surface area contributed by atoms with Crippen molar-refractivity contribution in [2.24, 2.45) is 0 Å². The zero-order chi connectivity index (χ0) is 11.6. The molecule has 1 aromatic rings. The van der Waals surface area contributed by atoms with E-state index in [9.17, 15) is 4.79 Å². The monoisotopic (exact) mass is 220 g/mol. The average Bonchev–Trinajstić information content (AvgIpc) is 3.10. The van der Waals surface area contributed by atoms with Crippen LogP contribution in [0.1, 0.15) is 25.3 Å². The number of hydrogen-bond donors (Lipinski definition) is 0. The van der Waals surface area contributed by atoms with Crippen LogP contribution in [0.3, 0.4) is 0 Å². The number of methoxy groups -OCH3 is 1. The molecule has 0 unspecified atom stereocenters. The van der Waals surface area contributed by atoms with Crippen LogP contribution in [0.15, 0.2) is 24.3 Å². The second-order valence-corrected chi connectivity index (χ2v) is 4.03. The van der Waals surface area contributed by atoms with Crippen LogP contribution in [0.25, 0.3) is 0 Å². The molecule has 0 aliphatic heterocycles. The topological polar surface area (TPSA) is 35.5 Å². The van der Waals surface area contributed by atoms with Gasteiger partial charge < -0.3 is 9.47 Å². The van der Waals surface area contributed by atoms with E-state index in [1.807, 2.05) is 31.2 Å². The lowest BCUT2D eigenvalue weighted by Crippen LogP contribution is -2.21. The largest absolute Gasteiger partial charge is 0.494 e. The molecule has 0 radical (unpaired) electrons. The second-order valence-electron chi connectivity index (χ2n) is 4.03. The van der Waals surface area contributed by atoms with Gasteiger partial charge in [0.25, 0.3) is 0 Å². The van der Waals surface area contributed by atoms with Gasteiger partial charge in [0.1, 0.15) is 5.75 Å². The summed E-state index contributed by atoms with van der Waals surface area (Å²) < 4.78 is 10.3. The van der Waals surface area contributed by atoms with E-state index in [1.54, 1.807) is 0 Å². The van der Waals surface area contributed by atoms with Gasteiger partial charge in [0.05, 0.1) is 19.1 Å². The van der Waals surface area contributed by atoms with Crippen molar-refractivity contribution in [2.75, 3.05) is 13.7 Å². The highest BCUT2D eigenvalue weighted by atomic mass is 16.5.